The molecule has 18 heavy (non-hydrogen) atoms. The van der Waals surface area contributed by atoms with E-state index in [1.165, 1.54) is 0 Å². The van der Waals surface area contributed by atoms with Gasteiger partial charge in [0.25, 0.3) is 5.91 Å². The molecule has 0 saturated heterocycles. The second-order valence-electron chi connectivity index (χ2n) is 3.96. The molecule has 1 aromatic carbocycles. The van der Waals surface area contributed by atoms with Crippen molar-refractivity contribution in [3.63, 3.8) is 0 Å². The number of anilines is 1. The molecule has 3 N–H and O–H groups in total. The van der Waals surface area contributed by atoms with E-state index in [2.05, 4.69) is 18.8 Å². The van der Waals surface area contributed by atoms with Crippen molar-refractivity contribution >= 4 is 11.6 Å². The van der Waals surface area contributed by atoms with E-state index in [9.17, 15) is 4.79 Å². The molecule has 1 rings (SSSR count). The summed E-state index contributed by atoms with van der Waals surface area (Å²) in [4.78, 5) is 12.0. The summed E-state index contributed by atoms with van der Waals surface area (Å²) in [5, 5.41) is 2.84. The Morgan fingerprint density at radius 3 is 3.00 bits per heavy atom. The Kier molecular flexibility index (Phi) is 5.77. The van der Waals surface area contributed by atoms with Gasteiger partial charge in [-0.25, -0.2) is 0 Å². The number of unbranched alkanes of at least 4 members (excludes halogenated alkanes) is 1. The largest absolute Gasteiger partial charge is 0.489 e. The van der Waals surface area contributed by atoms with Crippen LogP contribution in [0.15, 0.2) is 30.9 Å². The Morgan fingerprint density at radius 2 is 2.33 bits per heavy atom. The van der Waals surface area contributed by atoms with Crippen LogP contribution < -0.4 is 15.8 Å². The van der Waals surface area contributed by atoms with E-state index in [0.29, 0.717) is 30.2 Å². The second-order valence-corrected chi connectivity index (χ2v) is 3.96. The summed E-state index contributed by atoms with van der Waals surface area (Å²) in [5.74, 6) is 0.368. The Bertz CT molecular complexity index is 416. The zero-order valence-corrected chi connectivity index (χ0v) is 10.7. The van der Waals surface area contributed by atoms with Crippen LogP contribution in [0.3, 0.4) is 0 Å². The first-order chi connectivity index (χ1) is 8.69. The predicted octanol–water partition coefficient (Wildman–Crippen LogP) is 2.36. The Labute approximate surface area is 108 Å². The molecular formula is C14H20N2O2. The fraction of sp³-hybridized carbons (Fsp3) is 0.357. The number of benzene rings is 1. The van der Waals surface area contributed by atoms with Crippen LogP contribution in [0.4, 0.5) is 5.69 Å². The highest BCUT2D eigenvalue weighted by molar-refractivity contribution is 5.97. The van der Waals surface area contributed by atoms with E-state index in [4.69, 9.17) is 10.5 Å². The minimum atomic E-state index is -0.158. The number of ether oxygens (including phenoxy) is 1. The van der Waals surface area contributed by atoms with Crippen molar-refractivity contribution in [3.8, 4) is 5.75 Å². The van der Waals surface area contributed by atoms with Crippen molar-refractivity contribution in [2.24, 2.45) is 0 Å². The lowest BCUT2D eigenvalue weighted by Crippen LogP contribution is -2.25. The van der Waals surface area contributed by atoms with Crippen LogP contribution in [-0.2, 0) is 0 Å². The molecule has 0 fully saturated rings. The van der Waals surface area contributed by atoms with Gasteiger partial charge in [-0.05, 0) is 24.6 Å². The van der Waals surface area contributed by atoms with E-state index < -0.39 is 0 Å². The molecule has 0 atom stereocenters. The molecule has 0 bridgehead atoms. The van der Waals surface area contributed by atoms with Gasteiger partial charge in [-0.3, -0.25) is 4.79 Å². The van der Waals surface area contributed by atoms with Gasteiger partial charge in [-0.2, -0.15) is 0 Å². The second kappa shape index (κ2) is 7.37. The first kappa shape index (κ1) is 14.1. The number of nitrogen functional groups attached to an aromatic ring is 1. The first-order valence-electron chi connectivity index (χ1n) is 6.10. The van der Waals surface area contributed by atoms with Crippen LogP contribution in [0.25, 0.3) is 0 Å². The Morgan fingerprint density at radius 1 is 1.56 bits per heavy atom. The van der Waals surface area contributed by atoms with E-state index in [-0.39, 0.29) is 5.91 Å². The van der Waals surface area contributed by atoms with Gasteiger partial charge < -0.3 is 15.8 Å². The minimum Gasteiger partial charge on any atom is -0.489 e. The summed E-state index contributed by atoms with van der Waals surface area (Å²) in [6, 6.07) is 5.04. The van der Waals surface area contributed by atoms with Gasteiger partial charge in [0, 0.05) is 12.2 Å². The number of rotatable bonds is 7. The number of amides is 1. The topological polar surface area (TPSA) is 64.3 Å². The predicted molar refractivity (Wildman–Crippen MR) is 73.8 cm³/mol. The summed E-state index contributed by atoms with van der Waals surface area (Å²) >= 11 is 0. The lowest BCUT2D eigenvalue weighted by Gasteiger charge is -2.11. The van der Waals surface area contributed by atoms with E-state index in [1.54, 1.807) is 24.3 Å². The number of hydrogen-bond acceptors (Lipinski definition) is 3. The molecule has 0 spiro atoms. The summed E-state index contributed by atoms with van der Waals surface area (Å²) in [5.41, 5.74) is 6.70. The summed E-state index contributed by atoms with van der Waals surface area (Å²) < 4.78 is 5.43. The van der Waals surface area contributed by atoms with Crippen LogP contribution in [0, 0.1) is 0 Å². The smallest absolute Gasteiger partial charge is 0.255 e. The van der Waals surface area contributed by atoms with Crippen LogP contribution >= 0.6 is 0 Å². The van der Waals surface area contributed by atoms with Crippen molar-refractivity contribution in [1.29, 1.82) is 0 Å². The molecule has 1 aromatic rings. The van der Waals surface area contributed by atoms with Crippen LogP contribution in [0.2, 0.25) is 0 Å². The Hall–Kier alpha value is -1.97. The normalized spacial score (nSPS) is 9.83. The van der Waals surface area contributed by atoms with Crippen molar-refractivity contribution in [3.05, 3.63) is 36.4 Å². The number of carbonyl (C=O) groups is 1. The van der Waals surface area contributed by atoms with Gasteiger partial charge in [0.2, 0.25) is 0 Å². The maximum absolute atomic E-state index is 12.0. The highest BCUT2D eigenvalue weighted by Crippen LogP contribution is 2.21. The molecule has 0 aliphatic heterocycles. The van der Waals surface area contributed by atoms with E-state index in [0.717, 1.165) is 12.8 Å². The standard InChI is InChI=1S/C14H20N2O2/c1-3-5-8-16-14(17)12-10-11(15)6-7-13(12)18-9-4-2/h4,6-7,10H,2-3,5,8-9,15H2,1H3,(H,16,17). The van der Waals surface area contributed by atoms with Crippen molar-refractivity contribution in [2.45, 2.75) is 19.8 Å². The van der Waals surface area contributed by atoms with E-state index >= 15 is 0 Å². The summed E-state index contributed by atoms with van der Waals surface area (Å²) in [7, 11) is 0. The van der Waals surface area contributed by atoms with Gasteiger partial charge in [0.1, 0.15) is 12.4 Å². The molecular weight excluding hydrogens is 228 g/mol. The fourth-order valence-electron chi connectivity index (χ4n) is 1.47. The molecule has 0 unspecified atom stereocenters. The molecule has 4 nitrogen and oxygen atoms in total. The third kappa shape index (κ3) is 4.13. The average molecular weight is 248 g/mol. The molecule has 98 valence electrons. The van der Waals surface area contributed by atoms with Gasteiger partial charge in [-0.1, -0.05) is 26.0 Å². The lowest BCUT2D eigenvalue weighted by atomic mass is 10.1. The lowest BCUT2D eigenvalue weighted by molar-refractivity contribution is 0.0949. The van der Waals surface area contributed by atoms with E-state index in [1.807, 2.05) is 0 Å². The van der Waals surface area contributed by atoms with Gasteiger partial charge >= 0.3 is 0 Å². The number of nitrogens with two attached hydrogens (primary N) is 1. The molecule has 1 amide bonds. The first-order valence-corrected chi connectivity index (χ1v) is 6.10. The maximum atomic E-state index is 12.0. The fourth-order valence-corrected chi connectivity index (χ4v) is 1.47. The van der Waals surface area contributed by atoms with Gasteiger partial charge in [0.15, 0.2) is 0 Å². The van der Waals surface area contributed by atoms with Gasteiger partial charge in [0.05, 0.1) is 5.56 Å². The molecule has 4 heteroatoms. The highest BCUT2D eigenvalue weighted by atomic mass is 16.5. The van der Waals surface area contributed by atoms with Crippen LogP contribution in [0.5, 0.6) is 5.75 Å². The van der Waals surface area contributed by atoms with Crippen molar-refractivity contribution in [2.75, 3.05) is 18.9 Å². The zero-order chi connectivity index (χ0) is 13.4. The summed E-state index contributed by atoms with van der Waals surface area (Å²) in [6.45, 7) is 6.67. The SMILES string of the molecule is C=CCOc1ccc(N)cc1C(=O)NCCCC. The summed E-state index contributed by atoms with van der Waals surface area (Å²) in [6.07, 6.45) is 3.63. The molecule has 0 aliphatic rings. The van der Waals surface area contributed by atoms with Crippen molar-refractivity contribution in [1.82, 2.24) is 5.32 Å². The average Bonchev–Trinajstić information content (AvgIpc) is 2.37. The maximum Gasteiger partial charge on any atom is 0.255 e. The molecule has 0 aromatic heterocycles. The highest BCUT2D eigenvalue weighted by Gasteiger charge is 2.12. The monoisotopic (exact) mass is 248 g/mol. The molecule has 0 aliphatic carbocycles. The van der Waals surface area contributed by atoms with Gasteiger partial charge in [-0.15, -0.1) is 0 Å². The zero-order valence-electron chi connectivity index (χ0n) is 10.7. The quantitative estimate of drug-likeness (QED) is 0.442. The van der Waals surface area contributed by atoms with Crippen LogP contribution in [0.1, 0.15) is 30.1 Å². The third-order valence-electron chi connectivity index (χ3n) is 2.42. The van der Waals surface area contributed by atoms with Crippen LogP contribution in [-0.4, -0.2) is 19.1 Å². The molecule has 0 radical (unpaired) electrons. The van der Waals surface area contributed by atoms with Crippen molar-refractivity contribution < 1.29 is 9.53 Å². The molecule has 0 heterocycles. The molecule has 0 saturated carbocycles. The Balaban J connectivity index is 2.79. The minimum absolute atomic E-state index is 0.158. The number of hydrogen-bond donors (Lipinski definition) is 2. The third-order valence-corrected chi connectivity index (χ3v) is 2.42. The number of carbonyl (C=O) groups excluding carboxylic acids is 1. The number of nitrogens with one attached hydrogen (secondary N) is 1.